The summed E-state index contributed by atoms with van der Waals surface area (Å²) in [6, 6.07) is 8.17. The lowest BCUT2D eigenvalue weighted by molar-refractivity contribution is -0.122. The number of carbonyl (C=O) groups excluding carboxylic acids is 1. The van der Waals surface area contributed by atoms with Crippen LogP contribution in [-0.2, 0) is 11.3 Å². The van der Waals surface area contributed by atoms with Gasteiger partial charge in [0.15, 0.2) is 10.6 Å². The van der Waals surface area contributed by atoms with Crippen LogP contribution in [0.2, 0.25) is 0 Å². The Kier molecular flexibility index (Phi) is 5.71. The number of aromatic nitrogens is 3. The fraction of sp³-hybridized carbons (Fsp3) is 0.471. The first-order valence-corrected chi connectivity index (χ1v) is 8.34. The summed E-state index contributed by atoms with van der Waals surface area (Å²) >= 11 is 5.28. The molecule has 0 aliphatic carbocycles. The van der Waals surface area contributed by atoms with Crippen LogP contribution in [0.5, 0.6) is 0 Å². The summed E-state index contributed by atoms with van der Waals surface area (Å²) in [7, 11) is 0. The van der Waals surface area contributed by atoms with Gasteiger partial charge < -0.3 is 5.32 Å². The highest BCUT2D eigenvalue weighted by molar-refractivity contribution is 7.71. The summed E-state index contributed by atoms with van der Waals surface area (Å²) in [6.45, 7) is 8.49. The van der Waals surface area contributed by atoms with E-state index in [-0.39, 0.29) is 18.5 Å². The predicted octanol–water partition coefficient (Wildman–Crippen LogP) is 3.47. The molecule has 124 valence electrons. The van der Waals surface area contributed by atoms with E-state index in [1.807, 2.05) is 31.2 Å². The van der Waals surface area contributed by atoms with Gasteiger partial charge in [-0.05, 0) is 31.5 Å². The van der Waals surface area contributed by atoms with Gasteiger partial charge in [-0.2, -0.15) is 5.10 Å². The van der Waals surface area contributed by atoms with Crippen LogP contribution >= 0.6 is 12.2 Å². The van der Waals surface area contributed by atoms with Gasteiger partial charge in [-0.3, -0.25) is 14.5 Å². The van der Waals surface area contributed by atoms with E-state index >= 15 is 0 Å². The Hall–Kier alpha value is -1.95. The lowest BCUT2D eigenvalue weighted by Crippen LogP contribution is -2.39. The Bertz CT molecular complexity index is 715. The van der Waals surface area contributed by atoms with Crippen LogP contribution in [0.4, 0.5) is 0 Å². The monoisotopic (exact) mass is 332 g/mol. The number of benzene rings is 1. The molecule has 0 radical (unpaired) electrons. The highest BCUT2D eigenvalue weighted by Crippen LogP contribution is 2.18. The standard InChI is InChI=1S/C17H24N4OS/c1-5-14(11(2)3)18-15(22)10-21-16(19-20-17(21)23)13-8-6-12(4)7-9-13/h6-9,11,14H,5,10H2,1-4H3,(H,18,22)(H,20,23)/t14-/m1/s1. The molecule has 2 aromatic rings. The molecule has 6 heteroatoms. The van der Waals surface area contributed by atoms with E-state index < -0.39 is 0 Å². The molecule has 23 heavy (non-hydrogen) atoms. The minimum atomic E-state index is -0.0450. The van der Waals surface area contributed by atoms with Crippen molar-refractivity contribution in [3.8, 4) is 11.4 Å². The molecule has 0 saturated carbocycles. The van der Waals surface area contributed by atoms with Crippen LogP contribution < -0.4 is 5.32 Å². The summed E-state index contributed by atoms with van der Waals surface area (Å²) in [5.41, 5.74) is 2.11. The van der Waals surface area contributed by atoms with Crippen LogP contribution in [0.3, 0.4) is 0 Å². The average molecular weight is 332 g/mol. The van der Waals surface area contributed by atoms with Crippen molar-refractivity contribution in [2.75, 3.05) is 0 Å². The zero-order valence-electron chi connectivity index (χ0n) is 14.1. The van der Waals surface area contributed by atoms with Crippen LogP contribution in [0.25, 0.3) is 11.4 Å². The molecule has 0 unspecified atom stereocenters. The fourth-order valence-electron chi connectivity index (χ4n) is 2.52. The molecule has 0 aliphatic heterocycles. The quantitative estimate of drug-likeness (QED) is 0.796. The third-order valence-corrected chi connectivity index (χ3v) is 4.27. The summed E-state index contributed by atoms with van der Waals surface area (Å²) in [4.78, 5) is 12.4. The molecule has 0 aliphatic rings. The molecule has 2 rings (SSSR count). The Morgan fingerprint density at radius 1 is 1.35 bits per heavy atom. The van der Waals surface area contributed by atoms with Gasteiger partial charge in [0.25, 0.3) is 0 Å². The third-order valence-electron chi connectivity index (χ3n) is 3.96. The lowest BCUT2D eigenvalue weighted by Gasteiger charge is -2.21. The second-order valence-electron chi connectivity index (χ2n) is 6.13. The number of amides is 1. The van der Waals surface area contributed by atoms with Gasteiger partial charge in [-0.1, -0.05) is 50.6 Å². The molecule has 5 nitrogen and oxygen atoms in total. The average Bonchev–Trinajstić information content (AvgIpc) is 2.86. The van der Waals surface area contributed by atoms with Crippen molar-refractivity contribution in [2.45, 2.75) is 46.7 Å². The second kappa shape index (κ2) is 7.55. The molecular weight excluding hydrogens is 308 g/mol. The van der Waals surface area contributed by atoms with Crippen molar-refractivity contribution < 1.29 is 4.79 Å². The van der Waals surface area contributed by atoms with Gasteiger partial charge in [-0.15, -0.1) is 0 Å². The van der Waals surface area contributed by atoms with E-state index in [9.17, 15) is 4.79 Å². The van der Waals surface area contributed by atoms with E-state index in [0.29, 0.717) is 16.5 Å². The maximum Gasteiger partial charge on any atom is 0.240 e. The van der Waals surface area contributed by atoms with Crippen molar-refractivity contribution in [1.82, 2.24) is 20.1 Å². The lowest BCUT2D eigenvalue weighted by atomic mass is 10.0. The fourth-order valence-corrected chi connectivity index (χ4v) is 2.72. The minimum Gasteiger partial charge on any atom is -0.352 e. The van der Waals surface area contributed by atoms with E-state index in [1.165, 1.54) is 5.56 Å². The molecule has 0 spiro atoms. The number of aryl methyl sites for hydroxylation is 1. The number of aromatic amines is 1. The Morgan fingerprint density at radius 2 is 2.00 bits per heavy atom. The molecule has 1 atom stereocenters. The normalized spacial score (nSPS) is 12.4. The molecule has 0 bridgehead atoms. The first kappa shape index (κ1) is 17.4. The van der Waals surface area contributed by atoms with Crippen LogP contribution in [-0.4, -0.2) is 26.7 Å². The summed E-state index contributed by atoms with van der Waals surface area (Å²) in [6.07, 6.45) is 0.908. The predicted molar refractivity (Wildman–Crippen MR) is 94.6 cm³/mol. The first-order chi connectivity index (χ1) is 10.9. The van der Waals surface area contributed by atoms with Gasteiger partial charge in [0, 0.05) is 11.6 Å². The minimum absolute atomic E-state index is 0.0450. The summed E-state index contributed by atoms with van der Waals surface area (Å²) in [5.74, 6) is 1.04. The van der Waals surface area contributed by atoms with Gasteiger partial charge in [0.1, 0.15) is 6.54 Å². The number of hydrogen-bond donors (Lipinski definition) is 2. The summed E-state index contributed by atoms with van der Waals surface area (Å²) < 4.78 is 2.19. The highest BCUT2D eigenvalue weighted by Gasteiger charge is 2.16. The van der Waals surface area contributed by atoms with Crippen molar-refractivity contribution in [2.24, 2.45) is 5.92 Å². The second-order valence-corrected chi connectivity index (χ2v) is 6.52. The Labute approximate surface area is 142 Å². The Morgan fingerprint density at radius 3 is 2.57 bits per heavy atom. The molecule has 1 heterocycles. The van der Waals surface area contributed by atoms with Crippen LogP contribution in [0, 0.1) is 17.6 Å². The zero-order valence-corrected chi connectivity index (χ0v) is 14.9. The SMILES string of the molecule is CC[C@@H](NC(=O)Cn1c(-c2ccc(C)cc2)n[nH]c1=S)C(C)C. The van der Waals surface area contributed by atoms with Gasteiger partial charge in [0.2, 0.25) is 5.91 Å². The maximum absolute atomic E-state index is 12.4. The van der Waals surface area contributed by atoms with E-state index in [2.05, 4.69) is 36.3 Å². The Balaban J connectivity index is 2.20. The number of H-pyrrole nitrogens is 1. The zero-order chi connectivity index (χ0) is 17.0. The van der Waals surface area contributed by atoms with Crippen molar-refractivity contribution >= 4 is 18.1 Å². The molecule has 1 amide bonds. The molecule has 0 fully saturated rings. The molecule has 1 aromatic heterocycles. The number of nitrogens with one attached hydrogen (secondary N) is 2. The van der Waals surface area contributed by atoms with Crippen molar-refractivity contribution in [1.29, 1.82) is 0 Å². The van der Waals surface area contributed by atoms with Crippen LogP contribution in [0.15, 0.2) is 24.3 Å². The summed E-state index contributed by atoms with van der Waals surface area (Å²) in [5, 5.41) is 10.1. The number of carbonyl (C=O) groups is 1. The van der Waals surface area contributed by atoms with Crippen molar-refractivity contribution in [3.63, 3.8) is 0 Å². The number of nitrogens with zero attached hydrogens (tertiary/aromatic N) is 2. The first-order valence-electron chi connectivity index (χ1n) is 7.94. The maximum atomic E-state index is 12.4. The van der Waals surface area contributed by atoms with E-state index in [4.69, 9.17) is 12.2 Å². The molecule has 1 aromatic carbocycles. The third kappa shape index (κ3) is 4.28. The van der Waals surface area contributed by atoms with Gasteiger partial charge >= 0.3 is 0 Å². The topological polar surface area (TPSA) is 62.7 Å². The van der Waals surface area contributed by atoms with Gasteiger partial charge in [0.05, 0.1) is 0 Å². The number of rotatable bonds is 6. The van der Waals surface area contributed by atoms with E-state index in [1.54, 1.807) is 4.57 Å². The molecular formula is C17H24N4OS. The molecule has 0 saturated heterocycles. The van der Waals surface area contributed by atoms with Crippen molar-refractivity contribution in [3.05, 3.63) is 34.6 Å². The smallest absolute Gasteiger partial charge is 0.240 e. The van der Waals surface area contributed by atoms with Gasteiger partial charge in [-0.25, -0.2) is 0 Å². The molecule has 2 N–H and O–H groups in total. The van der Waals surface area contributed by atoms with Crippen LogP contribution in [0.1, 0.15) is 32.8 Å². The largest absolute Gasteiger partial charge is 0.352 e. The van der Waals surface area contributed by atoms with E-state index in [0.717, 1.165) is 12.0 Å². The number of hydrogen-bond acceptors (Lipinski definition) is 3. The highest BCUT2D eigenvalue weighted by atomic mass is 32.1.